The quantitative estimate of drug-likeness (QED) is 0.851. The van der Waals surface area contributed by atoms with Crippen LogP contribution in [0, 0.1) is 0 Å². The monoisotopic (exact) mass is 346 g/mol. The molecule has 0 radical (unpaired) electrons. The van der Waals surface area contributed by atoms with Crippen LogP contribution >= 0.6 is 0 Å². The number of aromatic nitrogens is 3. The van der Waals surface area contributed by atoms with Gasteiger partial charge in [-0.05, 0) is 25.0 Å². The van der Waals surface area contributed by atoms with E-state index < -0.39 is 0 Å². The molecule has 1 aliphatic heterocycles. The lowest BCUT2D eigenvalue weighted by Crippen LogP contribution is -2.38. The number of aryl methyl sites for hydroxylation is 2. The van der Waals surface area contributed by atoms with Crippen LogP contribution in [0.15, 0.2) is 29.1 Å². The Balaban J connectivity index is 1.51. The minimum Gasteiger partial charge on any atom is -0.497 e. The number of methoxy groups -OCH3 is 1. The Morgan fingerprint density at radius 1 is 1.36 bits per heavy atom. The van der Waals surface area contributed by atoms with Crippen molar-refractivity contribution in [3.05, 3.63) is 40.6 Å². The number of fused-ring (bicyclic) bond motifs is 1. The van der Waals surface area contributed by atoms with Gasteiger partial charge in [-0.15, -0.1) is 0 Å². The van der Waals surface area contributed by atoms with Gasteiger partial charge in [-0.2, -0.15) is 5.10 Å². The fourth-order valence-electron chi connectivity index (χ4n) is 2.95. The van der Waals surface area contributed by atoms with Crippen molar-refractivity contribution in [3.63, 3.8) is 0 Å². The number of hydrogen-bond acceptors (Lipinski definition) is 5. The summed E-state index contributed by atoms with van der Waals surface area (Å²) in [6, 6.07) is 7.13. The molecule has 1 amide bonds. The first kappa shape index (κ1) is 17.1. The molecular weight excluding hydrogens is 324 g/mol. The van der Waals surface area contributed by atoms with Crippen molar-refractivity contribution in [1.82, 2.24) is 19.7 Å². The van der Waals surface area contributed by atoms with E-state index in [1.54, 1.807) is 36.9 Å². The highest BCUT2D eigenvalue weighted by atomic mass is 16.5. The molecule has 2 heterocycles. The van der Waals surface area contributed by atoms with Crippen LogP contribution in [0.2, 0.25) is 0 Å². The maximum absolute atomic E-state index is 12.1. The van der Waals surface area contributed by atoms with Gasteiger partial charge in [0.1, 0.15) is 17.3 Å². The normalized spacial score (nSPS) is 16.6. The third-order valence-corrected chi connectivity index (χ3v) is 4.28. The maximum atomic E-state index is 12.1. The predicted octanol–water partition coefficient (Wildman–Crippen LogP) is 0.490. The molecule has 1 aromatic carbocycles. The Kier molecular flexibility index (Phi) is 5.06. The van der Waals surface area contributed by atoms with Crippen LogP contribution in [0.25, 0.3) is 0 Å². The molecule has 2 aromatic rings. The van der Waals surface area contributed by atoms with Gasteiger partial charge in [0, 0.05) is 32.1 Å². The summed E-state index contributed by atoms with van der Waals surface area (Å²) in [5.74, 6) is 1.86. The molecule has 0 saturated heterocycles. The van der Waals surface area contributed by atoms with Crippen LogP contribution in [0.5, 0.6) is 11.5 Å². The largest absolute Gasteiger partial charge is 0.497 e. The van der Waals surface area contributed by atoms with Crippen LogP contribution in [-0.2, 0) is 24.8 Å². The van der Waals surface area contributed by atoms with E-state index in [9.17, 15) is 9.59 Å². The van der Waals surface area contributed by atoms with Gasteiger partial charge in [0.2, 0.25) is 0 Å². The number of nitrogens with zero attached hydrogens (tertiary/aromatic N) is 3. The van der Waals surface area contributed by atoms with E-state index in [-0.39, 0.29) is 24.2 Å². The SMILES string of the molecule is COc1cccc(OCC(=O)NC2CCc3nn(C)c(=O)n3CC2)c1. The fraction of sp³-hybridized carbons (Fsp3) is 0.471. The second-order valence-electron chi connectivity index (χ2n) is 6.03. The predicted molar refractivity (Wildman–Crippen MR) is 90.8 cm³/mol. The molecule has 8 heteroatoms. The lowest BCUT2D eigenvalue weighted by Gasteiger charge is -2.16. The van der Waals surface area contributed by atoms with Crippen molar-refractivity contribution in [2.45, 2.75) is 31.8 Å². The molecule has 0 bridgehead atoms. The minimum atomic E-state index is -0.180. The molecule has 1 atom stereocenters. The zero-order chi connectivity index (χ0) is 17.8. The topological polar surface area (TPSA) is 87.4 Å². The molecule has 134 valence electrons. The van der Waals surface area contributed by atoms with Gasteiger partial charge in [0.25, 0.3) is 5.91 Å². The standard InChI is InChI=1S/C17H22N4O4/c1-20-17(23)21-9-8-12(6-7-15(21)19-20)18-16(22)11-25-14-5-3-4-13(10-14)24-2/h3-5,10,12H,6-9,11H2,1-2H3,(H,18,22). The molecule has 1 unspecified atom stereocenters. The number of carbonyl (C=O) groups is 1. The van der Waals surface area contributed by atoms with E-state index in [2.05, 4.69) is 10.4 Å². The first-order valence-electron chi connectivity index (χ1n) is 8.25. The molecule has 3 rings (SSSR count). The van der Waals surface area contributed by atoms with Crippen molar-refractivity contribution in [3.8, 4) is 11.5 Å². The van der Waals surface area contributed by atoms with Gasteiger partial charge in [0.15, 0.2) is 6.61 Å². The third-order valence-electron chi connectivity index (χ3n) is 4.28. The highest BCUT2D eigenvalue weighted by molar-refractivity contribution is 5.77. The zero-order valence-electron chi connectivity index (χ0n) is 14.4. The third kappa shape index (κ3) is 4.01. The number of nitrogens with one attached hydrogen (secondary N) is 1. The molecule has 0 aliphatic carbocycles. The van der Waals surface area contributed by atoms with Crippen LogP contribution in [0.3, 0.4) is 0 Å². The van der Waals surface area contributed by atoms with Crippen molar-refractivity contribution < 1.29 is 14.3 Å². The highest BCUT2D eigenvalue weighted by Crippen LogP contribution is 2.18. The van der Waals surface area contributed by atoms with E-state index in [1.165, 1.54) is 4.68 Å². The smallest absolute Gasteiger partial charge is 0.345 e. The van der Waals surface area contributed by atoms with Crippen molar-refractivity contribution >= 4 is 5.91 Å². The van der Waals surface area contributed by atoms with Gasteiger partial charge in [0.05, 0.1) is 7.11 Å². The summed E-state index contributed by atoms with van der Waals surface area (Å²) in [5.41, 5.74) is -0.108. The summed E-state index contributed by atoms with van der Waals surface area (Å²) >= 11 is 0. The first-order valence-corrected chi connectivity index (χ1v) is 8.25. The van der Waals surface area contributed by atoms with Crippen molar-refractivity contribution in [2.24, 2.45) is 7.05 Å². The summed E-state index contributed by atoms with van der Waals surface area (Å²) in [7, 11) is 3.23. The van der Waals surface area contributed by atoms with Gasteiger partial charge >= 0.3 is 5.69 Å². The Bertz CT molecular complexity index is 811. The molecule has 25 heavy (non-hydrogen) atoms. The number of ether oxygens (including phenoxy) is 2. The van der Waals surface area contributed by atoms with E-state index >= 15 is 0 Å². The number of benzene rings is 1. The van der Waals surface area contributed by atoms with Gasteiger partial charge < -0.3 is 14.8 Å². The summed E-state index contributed by atoms with van der Waals surface area (Å²) in [6.07, 6.45) is 2.11. The lowest BCUT2D eigenvalue weighted by molar-refractivity contribution is -0.123. The minimum absolute atomic E-state index is 0.00724. The van der Waals surface area contributed by atoms with Gasteiger partial charge in [-0.25, -0.2) is 9.48 Å². The Morgan fingerprint density at radius 3 is 2.96 bits per heavy atom. The molecule has 1 aliphatic rings. The molecule has 0 saturated carbocycles. The first-order chi connectivity index (χ1) is 12.1. The van der Waals surface area contributed by atoms with E-state index in [0.717, 1.165) is 12.2 Å². The van der Waals surface area contributed by atoms with Crippen LogP contribution in [0.4, 0.5) is 0 Å². The number of carbonyl (C=O) groups excluding carboxylic acids is 1. The Labute approximate surface area is 145 Å². The average molecular weight is 346 g/mol. The number of hydrogen-bond donors (Lipinski definition) is 1. The van der Waals surface area contributed by atoms with Crippen LogP contribution in [-0.4, -0.2) is 40.0 Å². The second kappa shape index (κ2) is 7.42. The zero-order valence-corrected chi connectivity index (χ0v) is 14.4. The van der Waals surface area contributed by atoms with Crippen LogP contribution < -0.4 is 20.5 Å². The molecule has 0 spiro atoms. The molecule has 1 N–H and O–H groups in total. The molecular formula is C17H22N4O4. The second-order valence-corrected chi connectivity index (χ2v) is 6.03. The summed E-state index contributed by atoms with van der Waals surface area (Å²) in [5, 5.41) is 7.21. The Hall–Kier alpha value is -2.77. The average Bonchev–Trinajstić information content (AvgIpc) is 2.77. The maximum Gasteiger partial charge on any atom is 0.345 e. The Morgan fingerprint density at radius 2 is 2.16 bits per heavy atom. The van der Waals surface area contributed by atoms with E-state index in [1.807, 2.05) is 6.07 Å². The lowest BCUT2D eigenvalue weighted by atomic mass is 10.1. The summed E-state index contributed by atoms with van der Waals surface area (Å²) < 4.78 is 13.7. The number of amides is 1. The van der Waals surface area contributed by atoms with Crippen LogP contribution in [0.1, 0.15) is 18.7 Å². The summed E-state index contributed by atoms with van der Waals surface area (Å²) in [6.45, 7) is 0.500. The van der Waals surface area contributed by atoms with Crippen molar-refractivity contribution in [1.29, 1.82) is 0 Å². The number of rotatable bonds is 5. The fourth-order valence-corrected chi connectivity index (χ4v) is 2.95. The van der Waals surface area contributed by atoms with E-state index in [4.69, 9.17) is 9.47 Å². The van der Waals surface area contributed by atoms with Gasteiger partial charge in [-0.3, -0.25) is 9.36 Å². The molecule has 1 aromatic heterocycles. The highest BCUT2D eigenvalue weighted by Gasteiger charge is 2.21. The van der Waals surface area contributed by atoms with E-state index in [0.29, 0.717) is 30.9 Å². The van der Waals surface area contributed by atoms with Crippen molar-refractivity contribution in [2.75, 3.05) is 13.7 Å². The molecule has 0 fully saturated rings. The van der Waals surface area contributed by atoms with Gasteiger partial charge in [-0.1, -0.05) is 6.07 Å². The summed E-state index contributed by atoms with van der Waals surface area (Å²) in [4.78, 5) is 24.1. The molecule has 8 nitrogen and oxygen atoms in total.